The molecule has 0 aliphatic rings. The Morgan fingerprint density at radius 3 is 2.31 bits per heavy atom. The second-order valence-electron chi connectivity index (χ2n) is 6.99. The van der Waals surface area contributed by atoms with Crippen LogP contribution in [0.15, 0.2) is 57.5 Å². The summed E-state index contributed by atoms with van der Waals surface area (Å²) in [5.74, 6) is -0.282. The Hall–Kier alpha value is -3.07. The smallest absolute Gasteiger partial charge is 0.299 e. The van der Waals surface area contributed by atoms with Crippen molar-refractivity contribution in [3.8, 4) is 17.3 Å². The van der Waals surface area contributed by atoms with Crippen LogP contribution in [0.25, 0.3) is 11.4 Å². The summed E-state index contributed by atoms with van der Waals surface area (Å²) < 4.78 is 4.27. The van der Waals surface area contributed by atoms with E-state index < -0.39 is 5.56 Å². The van der Waals surface area contributed by atoms with E-state index in [0.29, 0.717) is 37.8 Å². The van der Waals surface area contributed by atoms with Crippen LogP contribution in [0.2, 0.25) is 15.1 Å². The summed E-state index contributed by atoms with van der Waals surface area (Å²) in [4.78, 5) is 13.1. The van der Waals surface area contributed by atoms with E-state index in [1.54, 1.807) is 68.0 Å². The number of hydrogen-bond acceptors (Lipinski definition) is 5. The number of aromatic nitrogens is 4. The second-order valence-corrected chi connectivity index (χ2v) is 8.24. The van der Waals surface area contributed by atoms with Gasteiger partial charge in [0.15, 0.2) is 11.4 Å². The zero-order valence-electron chi connectivity index (χ0n) is 17.2. The van der Waals surface area contributed by atoms with Crippen molar-refractivity contribution in [3.63, 3.8) is 0 Å². The van der Waals surface area contributed by atoms with Crippen molar-refractivity contribution in [2.24, 2.45) is 17.3 Å². The summed E-state index contributed by atoms with van der Waals surface area (Å²) in [6.45, 7) is 3.40. The van der Waals surface area contributed by atoms with Gasteiger partial charge in [0, 0.05) is 12.1 Å². The number of nitrogens with zero attached hydrogens (tertiary/aromatic N) is 6. The molecule has 164 valence electrons. The lowest BCUT2D eigenvalue weighted by molar-refractivity contribution is 0.434. The molecule has 0 spiro atoms. The lowest BCUT2D eigenvalue weighted by Crippen LogP contribution is -2.19. The Labute approximate surface area is 197 Å². The maximum absolute atomic E-state index is 13.1. The van der Waals surface area contributed by atoms with Gasteiger partial charge >= 0.3 is 0 Å². The van der Waals surface area contributed by atoms with Gasteiger partial charge in [0.2, 0.25) is 5.88 Å². The predicted molar refractivity (Wildman–Crippen MR) is 125 cm³/mol. The van der Waals surface area contributed by atoms with Gasteiger partial charge in [-0.1, -0.05) is 46.9 Å². The Balaban J connectivity index is 1.80. The molecule has 8 nitrogen and oxygen atoms in total. The van der Waals surface area contributed by atoms with Crippen LogP contribution < -0.4 is 5.56 Å². The summed E-state index contributed by atoms with van der Waals surface area (Å²) in [6.07, 6.45) is 0. The number of benzene rings is 2. The van der Waals surface area contributed by atoms with Crippen LogP contribution in [0.3, 0.4) is 0 Å². The molecule has 0 saturated carbocycles. The van der Waals surface area contributed by atoms with Gasteiger partial charge in [-0.2, -0.15) is 9.78 Å². The first kappa shape index (κ1) is 22.1. The maximum atomic E-state index is 13.1. The molecular weight excluding hydrogens is 475 g/mol. The van der Waals surface area contributed by atoms with E-state index in [1.165, 1.54) is 9.36 Å². The van der Waals surface area contributed by atoms with E-state index in [9.17, 15) is 9.90 Å². The van der Waals surface area contributed by atoms with Crippen LogP contribution in [0.5, 0.6) is 5.88 Å². The number of hydrogen-bond donors (Lipinski definition) is 1. The molecule has 0 aliphatic carbocycles. The van der Waals surface area contributed by atoms with Gasteiger partial charge in [-0.3, -0.25) is 9.48 Å². The molecule has 0 amide bonds. The zero-order valence-corrected chi connectivity index (χ0v) is 19.5. The fourth-order valence-corrected chi connectivity index (χ4v) is 3.82. The number of halogens is 3. The van der Waals surface area contributed by atoms with E-state index in [4.69, 9.17) is 34.8 Å². The minimum Gasteiger partial charge on any atom is -0.492 e. The van der Waals surface area contributed by atoms with Gasteiger partial charge < -0.3 is 5.11 Å². The van der Waals surface area contributed by atoms with Crippen LogP contribution in [-0.4, -0.2) is 24.3 Å². The first-order chi connectivity index (χ1) is 15.2. The lowest BCUT2D eigenvalue weighted by Gasteiger charge is -2.09. The number of para-hydroxylation sites is 1. The van der Waals surface area contributed by atoms with E-state index in [0.717, 1.165) is 0 Å². The van der Waals surface area contributed by atoms with Crippen LogP contribution in [0.1, 0.15) is 11.4 Å². The summed E-state index contributed by atoms with van der Waals surface area (Å²) in [5, 5.41) is 24.5. The Morgan fingerprint density at radius 2 is 1.59 bits per heavy atom. The van der Waals surface area contributed by atoms with Gasteiger partial charge in [0.05, 0.1) is 32.8 Å². The number of aromatic hydroxyl groups is 1. The van der Waals surface area contributed by atoms with Gasteiger partial charge in [-0.15, -0.1) is 10.2 Å². The second kappa shape index (κ2) is 8.46. The average molecular weight is 492 g/mol. The van der Waals surface area contributed by atoms with Crippen molar-refractivity contribution in [2.45, 2.75) is 13.8 Å². The normalized spacial score (nSPS) is 11.6. The van der Waals surface area contributed by atoms with Gasteiger partial charge in [0.25, 0.3) is 5.56 Å². The fraction of sp³-hybridized carbons (Fsp3) is 0.143. The SMILES string of the molecule is Cc1nn(-c2cc(Cl)ccc2Cl)c(O)c1/N=N/c1c(C)n(C)n(-c2ccccc2Cl)c1=O. The lowest BCUT2D eigenvalue weighted by atomic mass is 10.3. The zero-order chi connectivity index (χ0) is 23.2. The highest BCUT2D eigenvalue weighted by atomic mass is 35.5. The molecule has 1 N–H and O–H groups in total. The summed E-state index contributed by atoms with van der Waals surface area (Å²) in [5.41, 5.74) is 1.69. The monoisotopic (exact) mass is 490 g/mol. The highest BCUT2D eigenvalue weighted by molar-refractivity contribution is 6.34. The van der Waals surface area contributed by atoms with Gasteiger partial charge in [-0.25, -0.2) is 4.68 Å². The molecule has 0 fully saturated rings. The van der Waals surface area contributed by atoms with E-state index in [-0.39, 0.29) is 17.3 Å². The van der Waals surface area contributed by atoms with Crippen LogP contribution in [0, 0.1) is 13.8 Å². The standard InChI is InChI=1S/C21H17Cl3N6O2/c1-11-18(20(31)29(27-11)17-10-13(22)8-9-15(17)24)25-26-19-12(2)28(3)30(21(19)32)16-7-5-4-6-14(16)23/h4-10,31H,1-3H3/b26-25+. The van der Waals surface area contributed by atoms with Crippen LogP contribution in [0.4, 0.5) is 11.4 Å². The molecule has 2 aromatic heterocycles. The van der Waals surface area contributed by atoms with Crippen LogP contribution in [-0.2, 0) is 7.05 Å². The molecule has 0 unspecified atom stereocenters. The largest absolute Gasteiger partial charge is 0.492 e. The molecule has 4 rings (SSSR count). The third-order valence-electron chi connectivity index (χ3n) is 5.00. The summed E-state index contributed by atoms with van der Waals surface area (Å²) >= 11 is 18.5. The number of aryl methyl sites for hydroxylation is 1. The van der Waals surface area contributed by atoms with Crippen molar-refractivity contribution in [3.05, 3.63) is 79.3 Å². The molecular formula is C21H17Cl3N6O2. The molecule has 2 heterocycles. The van der Waals surface area contributed by atoms with E-state index >= 15 is 0 Å². The predicted octanol–water partition coefficient (Wildman–Crippen LogP) is 6.06. The Morgan fingerprint density at radius 1 is 0.938 bits per heavy atom. The topological polar surface area (TPSA) is 89.7 Å². The molecule has 0 bridgehead atoms. The van der Waals surface area contributed by atoms with Crippen molar-refractivity contribution in [1.82, 2.24) is 19.1 Å². The Bertz CT molecular complexity index is 1430. The van der Waals surface area contributed by atoms with Gasteiger partial charge in [-0.05, 0) is 44.2 Å². The highest BCUT2D eigenvalue weighted by Crippen LogP contribution is 2.36. The highest BCUT2D eigenvalue weighted by Gasteiger charge is 2.20. The molecule has 0 radical (unpaired) electrons. The fourth-order valence-electron chi connectivity index (χ4n) is 3.24. The van der Waals surface area contributed by atoms with E-state index in [1.807, 2.05) is 0 Å². The van der Waals surface area contributed by atoms with Crippen molar-refractivity contribution in [2.75, 3.05) is 0 Å². The quantitative estimate of drug-likeness (QED) is 0.352. The van der Waals surface area contributed by atoms with Gasteiger partial charge in [0.1, 0.15) is 0 Å². The molecule has 2 aromatic carbocycles. The van der Waals surface area contributed by atoms with Crippen LogP contribution >= 0.6 is 34.8 Å². The van der Waals surface area contributed by atoms with Crippen molar-refractivity contribution < 1.29 is 5.11 Å². The summed E-state index contributed by atoms with van der Waals surface area (Å²) in [7, 11) is 1.72. The molecule has 4 aromatic rings. The van der Waals surface area contributed by atoms with Crippen molar-refractivity contribution >= 4 is 46.2 Å². The minimum absolute atomic E-state index is 0.105. The van der Waals surface area contributed by atoms with Crippen molar-refractivity contribution in [1.29, 1.82) is 0 Å². The maximum Gasteiger partial charge on any atom is 0.299 e. The molecule has 0 atom stereocenters. The number of azo groups is 1. The van der Waals surface area contributed by atoms with E-state index in [2.05, 4.69) is 15.3 Å². The molecule has 11 heteroatoms. The minimum atomic E-state index is -0.399. The molecule has 0 aliphatic heterocycles. The Kier molecular flexibility index (Phi) is 5.85. The summed E-state index contributed by atoms with van der Waals surface area (Å²) in [6, 6.07) is 11.8. The third-order valence-corrected chi connectivity index (χ3v) is 5.87. The molecule has 32 heavy (non-hydrogen) atoms. The average Bonchev–Trinajstić information content (AvgIpc) is 3.15. The molecule has 0 saturated heterocycles. The first-order valence-corrected chi connectivity index (χ1v) is 10.5. The third kappa shape index (κ3) is 3.70. The first-order valence-electron chi connectivity index (χ1n) is 9.40. The number of rotatable bonds is 4.